The van der Waals surface area contributed by atoms with Gasteiger partial charge in [0, 0.05) is 28.4 Å². The van der Waals surface area contributed by atoms with Crippen molar-refractivity contribution in [2.24, 2.45) is 0 Å². The maximum atomic E-state index is 12.3. The molecule has 1 N–H and O–H groups in total. The van der Waals surface area contributed by atoms with Crippen LogP contribution in [0.25, 0.3) is 11.3 Å². The lowest BCUT2D eigenvalue weighted by atomic mass is 10.1. The third-order valence-electron chi connectivity index (χ3n) is 3.44. The van der Waals surface area contributed by atoms with Gasteiger partial charge in [-0.1, -0.05) is 30.3 Å². The molecule has 3 rings (SSSR count). The summed E-state index contributed by atoms with van der Waals surface area (Å²) in [5.41, 5.74) is 2.03. The van der Waals surface area contributed by atoms with Gasteiger partial charge in [-0.2, -0.15) is 0 Å². The van der Waals surface area contributed by atoms with E-state index in [9.17, 15) is 9.59 Å². The summed E-state index contributed by atoms with van der Waals surface area (Å²) in [7, 11) is 1.34. The lowest BCUT2D eigenvalue weighted by Gasteiger charge is -2.01. The van der Waals surface area contributed by atoms with Crippen LogP contribution in [0.5, 0.6) is 0 Å². The van der Waals surface area contributed by atoms with Crippen LogP contribution in [0.2, 0.25) is 0 Å². The molecule has 0 bridgehead atoms. The molecule has 0 aliphatic heterocycles. The number of carbonyl (C=O) groups is 2. The topological polar surface area (TPSA) is 81.2 Å². The number of pyridine rings is 1. The van der Waals surface area contributed by atoms with Crippen LogP contribution in [-0.2, 0) is 16.0 Å². The molecular weight excluding hydrogens is 338 g/mol. The third-order valence-corrected chi connectivity index (χ3v) is 4.41. The second kappa shape index (κ2) is 7.67. The molecule has 3 aromatic rings. The molecule has 6 nitrogen and oxygen atoms in total. The fourth-order valence-corrected chi connectivity index (χ4v) is 3.19. The zero-order valence-corrected chi connectivity index (χ0v) is 14.2. The van der Waals surface area contributed by atoms with Gasteiger partial charge in [-0.25, -0.2) is 4.98 Å². The zero-order valence-electron chi connectivity index (χ0n) is 13.4. The van der Waals surface area contributed by atoms with Crippen LogP contribution >= 0.6 is 11.3 Å². The number of aromatic nitrogens is 2. The van der Waals surface area contributed by atoms with Crippen molar-refractivity contribution in [1.82, 2.24) is 9.97 Å². The van der Waals surface area contributed by atoms with Crippen molar-refractivity contribution >= 4 is 28.3 Å². The first-order chi connectivity index (χ1) is 12.2. The fourth-order valence-electron chi connectivity index (χ4n) is 2.22. The van der Waals surface area contributed by atoms with Gasteiger partial charge in [0.2, 0.25) is 0 Å². The number of methoxy groups -OCH3 is 1. The Morgan fingerprint density at radius 3 is 2.52 bits per heavy atom. The molecule has 0 atom stereocenters. The summed E-state index contributed by atoms with van der Waals surface area (Å²) in [6, 6.07) is 12.8. The molecule has 2 heterocycles. The molecule has 0 saturated heterocycles. The Kier molecular flexibility index (Phi) is 5.15. The molecule has 0 aliphatic carbocycles. The number of carbonyl (C=O) groups excluding carboxylic acids is 2. The van der Waals surface area contributed by atoms with E-state index in [1.54, 1.807) is 24.5 Å². The number of amides is 1. The van der Waals surface area contributed by atoms with Gasteiger partial charge in [0.15, 0.2) is 5.13 Å². The zero-order chi connectivity index (χ0) is 17.6. The van der Waals surface area contributed by atoms with Crippen LogP contribution in [0.15, 0.2) is 54.9 Å². The Hall–Kier alpha value is -3.06. The summed E-state index contributed by atoms with van der Waals surface area (Å²) in [5.74, 6) is -0.631. The maximum absolute atomic E-state index is 12.3. The van der Waals surface area contributed by atoms with E-state index >= 15 is 0 Å². The summed E-state index contributed by atoms with van der Waals surface area (Å²) in [6.45, 7) is 0. The Morgan fingerprint density at radius 1 is 1.12 bits per heavy atom. The van der Waals surface area contributed by atoms with Gasteiger partial charge in [0.25, 0.3) is 5.91 Å². The third kappa shape index (κ3) is 4.07. The first-order valence-electron chi connectivity index (χ1n) is 7.50. The van der Waals surface area contributed by atoms with Crippen molar-refractivity contribution < 1.29 is 14.3 Å². The van der Waals surface area contributed by atoms with E-state index in [1.165, 1.54) is 18.4 Å². The number of hydrogen-bond donors (Lipinski definition) is 1. The number of anilines is 1. The van der Waals surface area contributed by atoms with Crippen molar-refractivity contribution in [1.29, 1.82) is 0 Å². The van der Waals surface area contributed by atoms with E-state index < -0.39 is 0 Å². The Bertz CT molecular complexity index is 879. The van der Waals surface area contributed by atoms with E-state index in [0.29, 0.717) is 16.4 Å². The molecule has 7 heteroatoms. The first kappa shape index (κ1) is 16.8. The Balaban J connectivity index is 1.90. The minimum atomic E-state index is -0.354. The lowest BCUT2D eigenvalue weighted by molar-refractivity contribution is -0.139. The molecule has 1 amide bonds. The summed E-state index contributed by atoms with van der Waals surface area (Å²) in [5, 5.41) is 3.20. The molecular formula is C18H15N3O3S. The van der Waals surface area contributed by atoms with Crippen LogP contribution in [0.1, 0.15) is 15.2 Å². The van der Waals surface area contributed by atoms with Gasteiger partial charge < -0.3 is 4.74 Å². The van der Waals surface area contributed by atoms with Crippen molar-refractivity contribution in [3.63, 3.8) is 0 Å². The van der Waals surface area contributed by atoms with Crippen LogP contribution in [0.3, 0.4) is 0 Å². The van der Waals surface area contributed by atoms with Gasteiger partial charge in [-0.15, -0.1) is 11.3 Å². The molecule has 0 unspecified atom stereocenters. The normalized spacial score (nSPS) is 10.3. The molecule has 0 saturated carbocycles. The minimum Gasteiger partial charge on any atom is -0.469 e. The number of benzene rings is 1. The molecule has 126 valence electrons. The van der Waals surface area contributed by atoms with E-state index in [4.69, 9.17) is 4.74 Å². The first-order valence-corrected chi connectivity index (χ1v) is 8.32. The van der Waals surface area contributed by atoms with Crippen LogP contribution in [-0.4, -0.2) is 29.0 Å². The monoisotopic (exact) mass is 353 g/mol. The number of rotatable bonds is 5. The molecule has 2 aromatic heterocycles. The van der Waals surface area contributed by atoms with Crippen molar-refractivity contribution in [3.8, 4) is 11.3 Å². The Labute approximate surface area is 148 Å². The SMILES string of the molecule is COC(=O)Cc1sc(NC(=O)c2ccncc2)nc1-c1ccccc1. The van der Waals surface area contributed by atoms with Crippen molar-refractivity contribution in [3.05, 3.63) is 65.3 Å². The predicted octanol–water partition coefficient (Wildman–Crippen LogP) is 3.17. The van der Waals surface area contributed by atoms with E-state index in [2.05, 4.69) is 15.3 Å². The molecule has 0 fully saturated rings. The highest BCUT2D eigenvalue weighted by molar-refractivity contribution is 7.16. The number of nitrogens with one attached hydrogen (secondary N) is 1. The highest BCUT2D eigenvalue weighted by Gasteiger charge is 2.18. The van der Waals surface area contributed by atoms with Crippen LogP contribution in [0.4, 0.5) is 5.13 Å². The molecule has 0 radical (unpaired) electrons. The largest absolute Gasteiger partial charge is 0.469 e. The smallest absolute Gasteiger partial charge is 0.310 e. The molecule has 0 spiro atoms. The highest BCUT2D eigenvalue weighted by atomic mass is 32.1. The second-order valence-corrected chi connectivity index (χ2v) is 6.18. The average molecular weight is 353 g/mol. The van der Waals surface area contributed by atoms with Crippen LogP contribution in [0, 0.1) is 0 Å². The van der Waals surface area contributed by atoms with Crippen molar-refractivity contribution in [2.45, 2.75) is 6.42 Å². The number of thiazole rings is 1. The summed E-state index contributed by atoms with van der Waals surface area (Å²) < 4.78 is 4.75. The number of nitrogens with zero attached hydrogens (tertiary/aromatic N) is 2. The number of hydrogen-bond acceptors (Lipinski definition) is 6. The summed E-state index contributed by atoms with van der Waals surface area (Å²) in [4.78, 5) is 33.1. The van der Waals surface area contributed by atoms with Gasteiger partial charge in [0.05, 0.1) is 19.2 Å². The average Bonchev–Trinajstić information content (AvgIpc) is 3.05. The van der Waals surface area contributed by atoms with Crippen LogP contribution < -0.4 is 5.32 Å². The second-order valence-electron chi connectivity index (χ2n) is 5.10. The fraction of sp³-hybridized carbons (Fsp3) is 0.111. The minimum absolute atomic E-state index is 0.101. The van der Waals surface area contributed by atoms with E-state index in [1.807, 2.05) is 30.3 Å². The van der Waals surface area contributed by atoms with Gasteiger partial charge >= 0.3 is 5.97 Å². The molecule has 1 aromatic carbocycles. The number of esters is 1. The highest BCUT2D eigenvalue weighted by Crippen LogP contribution is 2.32. The standard InChI is InChI=1S/C18H15N3O3S/c1-24-15(22)11-14-16(12-5-3-2-4-6-12)20-18(25-14)21-17(23)13-7-9-19-10-8-13/h2-10H,11H2,1H3,(H,20,21,23). The van der Waals surface area contributed by atoms with Gasteiger partial charge in [-0.3, -0.25) is 19.9 Å². The lowest BCUT2D eigenvalue weighted by Crippen LogP contribution is -2.11. The quantitative estimate of drug-likeness (QED) is 0.713. The summed E-state index contributed by atoms with van der Waals surface area (Å²) >= 11 is 1.26. The van der Waals surface area contributed by atoms with Gasteiger partial charge in [-0.05, 0) is 12.1 Å². The Morgan fingerprint density at radius 2 is 1.84 bits per heavy atom. The predicted molar refractivity (Wildman–Crippen MR) is 95.5 cm³/mol. The van der Waals surface area contributed by atoms with Gasteiger partial charge in [0.1, 0.15) is 0 Å². The van der Waals surface area contributed by atoms with E-state index in [0.717, 1.165) is 10.4 Å². The van der Waals surface area contributed by atoms with Crippen molar-refractivity contribution in [2.75, 3.05) is 12.4 Å². The molecule has 25 heavy (non-hydrogen) atoms. The maximum Gasteiger partial charge on any atom is 0.310 e. The summed E-state index contributed by atoms with van der Waals surface area (Å²) in [6.07, 6.45) is 3.20. The number of ether oxygens (including phenoxy) is 1. The molecule has 0 aliphatic rings. The van der Waals surface area contributed by atoms with E-state index in [-0.39, 0.29) is 18.3 Å².